The second-order valence-electron chi connectivity index (χ2n) is 10.9. The van der Waals surface area contributed by atoms with Crippen LogP contribution in [-0.4, -0.2) is 56.8 Å². The molecular formula is C30H34N4O5. The molecule has 3 aromatic rings. The van der Waals surface area contributed by atoms with Crippen LogP contribution in [0.1, 0.15) is 67.3 Å². The van der Waals surface area contributed by atoms with Crippen LogP contribution in [0.25, 0.3) is 10.9 Å². The first-order chi connectivity index (χ1) is 18.6. The number of carbonyl (C=O) groups is 4. The fourth-order valence-corrected chi connectivity index (χ4v) is 5.85. The predicted octanol–water partition coefficient (Wildman–Crippen LogP) is 3.39. The smallest absolute Gasteiger partial charge is 0.326 e. The highest BCUT2D eigenvalue weighted by atomic mass is 16.4. The number of fused-ring (bicyclic) bond motifs is 7. The Morgan fingerprint density at radius 3 is 2.41 bits per heavy atom. The molecular weight excluding hydrogens is 496 g/mol. The summed E-state index contributed by atoms with van der Waals surface area (Å²) in [4.78, 5) is 57.8. The summed E-state index contributed by atoms with van der Waals surface area (Å²) < 4.78 is 0. The second kappa shape index (κ2) is 10.2. The number of benzene rings is 2. The van der Waals surface area contributed by atoms with E-state index in [1.165, 1.54) is 0 Å². The highest BCUT2D eigenvalue weighted by Gasteiger charge is 2.49. The molecule has 1 aromatic heterocycles. The molecule has 3 heterocycles. The molecule has 0 spiro atoms. The SMILES string of the molecule is CCC(C)[C@H](NC(=O)[C@@H]1Cc2c([nH]c3ccccc23)C2c3ccccc3C(=O)N21)C(=O)N[C@H](C(=O)O)C(C)C. The third-order valence-electron chi connectivity index (χ3n) is 8.18. The Kier molecular flexibility index (Phi) is 6.92. The summed E-state index contributed by atoms with van der Waals surface area (Å²) in [5.41, 5.74) is 4.21. The molecule has 204 valence electrons. The van der Waals surface area contributed by atoms with E-state index < -0.39 is 42.0 Å². The Hall–Kier alpha value is -4.14. The van der Waals surface area contributed by atoms with Crippen molar-refractivity contribution in [3.63, 3.8) is 0 Å². The molecule has 0 saturated carbocycles. The third kappa shape index (κ3) is 4.45. The first-order valence-electron chi connectivity index (χ1n) is 13.5. The minimum Gasteiger partial charge on any atom is -0.480 e. The van der Waals surface area contributed by atoms with Gasteiger partial charge in [-0.2, -0.15) is 0 Å². The molecule has 0 fully saturated rings. The van der Waals surface area contributed by atoms with Crippen molar-refractivity contribution in [2.24, 2.45) is 11.8 Å². The summed E-state index contributed by atoms with van der Waals surface area (Å²) in [5, 5.41) is 16.1. The maximum Gasteiger partial charge on any atom is 0.326 e. The Labute approximate surface area is 227 Å². The molecule has 5 rings (SSSR count). The molecule has 0 aliphatic carbocycles. The summed E-state index contributed by atoms with van der Waals surface area (Å²) in [5.74, 6) is -2.93. The van der Waals surface area contributed by atoms with Crippen LogP contribution in [0.15, 0.2) is 48.5 Å². The number of amides is 3. The van der Waals surface area contributed by atoms with Crippen LogP contribution in [-0.2, 0) is 20.8 Å². The van der Waals surface area contributed by atoms with Gasteiger partial charge in [0.15, 0.2) is 0 Å². The van der Waals surface area contributed by atoms with Crippen molar-refractivity contribution >= 4 is 34.6 Å². The lowest BCUT2D eigenvalue weighted by Gasteiger charge is -2.38. The van der Waals surface area contributed by atoms with Crippen molar-refractivity contribution in [1.82, 2.24) is 20.5 Å². The van der Waals surface area contributed by atoms with E-state index in [4.69, 9.17) is 0 Å². The number of carboxylic acids is 1. The molecule has 5 atom stereocenters. The number of carboxylic acid groups (broad SMARTS) is 1. The summed E-state index contributed by atoms with van der Waals surface area (Å²) in [6.07, 6.45) is 0.881. The molecule has 2 aliphatic rings. The zero-order chi connectivity index (χ0) is 28.0. The lowest BCUT2D eigenvalue weighted by Crippen LogP contribution is -2.59. The zero-order valence-electron chi connectivity index (χ0n) is 22.5. The largest absolute Gasteiger partial charge is 0.480 e. The molecule has 2 aliphatic heterocycles. The van der Waals surface area contributed by atoms with Gasteiger partial charge in [-0.15, -0.1) is 0 Å². The lowest BCUT2D eigenvalue weighted by molar-refractivity contribution is -0.144. The average Bonchev–Trinajstić information content (AvgIpc) is 3.44. The number of nitrogens with one attached hydrogen (secondary N) is 3. The Morgan fingerprint density at radius 2 is 1.72 bits per heavy atom. The summed E-state index contributed by atoms with van der Waals surface area (Å²) in [7, 11) is 0. The van der Waals surface area contributed by atoms with Gasteiger partial charge in [0.2, 0.25) is 11.8 Å². The molecule has 0 bridgehead atoms. The topological polar surface area (TPSA) is 132 Å². The van der Waals surface area contributed by atoms with E-state index in [0.29, 0.717) is 18.4 Å². The summed E-state index contributed by atoms with van der Waals surface area (Å²) >= 11 is 0. The van der Waals surface area contributed by atoms with E-state index in [1.807, 2.05) is 56.3 Å². The monoisotopic (exact) mass is 530 g/mol. The van der Waals surface area contributed by atoms with Crippen LogP contribution in [0, 0.1) is 11.8 Å². The molecule has 0 saturated heterocycles. The van der Waals surface area contributed by atoms with Crippen LogP contribution in [0.5, 0.6) is 0 Å². The Balaban J connectivity index is 1.51. The van der Waals surface area contributed by atoms with Gasteiger partial charge in [0.1, 0.15) is 18.1 Å². The van der Waals surface area contributed by atoms with E-state index >= 15 is 0 Å². The Bertz CT molecular complexity index is 1460. The van der Waals surface area contributed by atoms with Crippen molar-refractivity contribution in [3.8, 4) is 0 Å². The minimum absolute atomic E-state index is 0.227. The van der Waals surface area contributed by atoms with E-state index in [2.05, 4.69) is 15.6 Å². The normalized spacial score (nSPS) is 20.1. The van der Waals surface area contributed by atoms with Crippen molar-refractivity contribution in [2.75, 3.05) is 0 Å². The van der Waals surface area contributed by atoms with E-state index in [9.17, 15) is 24.3 Å². The van der Waals surface area contributed by atoms with Crippen molar-refractivity contribution in [3.05, 3.63) is 70.9 Å². The van der Waals surface area contributed by atoms with Crippen LogP contribution in [0.4, 0.5) is 0 Å². The number of aromatic nitrogens is 1. The van der Waals surface area contributed by atoms with Gasteiger partial charge >= 0.3 is 5.97 Å². The number of aromatic amines is 1. The van der Waals surface area contributed by atoms with Crippen LogP contribution in [0.2, 0.25) is 0 Å². The van der Waals surface area contributed by atoms with Crippen molar-refractivity contribution < 1.29 is 24.3 Å². The molecule has 9 nitrogen and oxygen atoms in total. The zero-order valence-corrected chi connectivity index (χ0v) is 22.5. The first kappa shape index (κ1) is 26.5. The van der Waals surface area contributed by atoms with Gasteiger partial charge in [-0.05, 0) is 35.1 Å². The number of para-hydroxylation sites is 1. The van der Waals surface area contributed by atoms with Gasteiger partial charge in [-0.3, -0.25) is 14.4 Å². The number of hydrogen-bond donors (Lipinski definition) is 4. The summed E-state index contributed by atoms with van der Waals surface area (Å²) in [6.45, 7) is 7.18. The first-order valence-corrected chi connectivity index (χ1v) is 13.5. The van der Waals surface area contributed by atoms with Gasteiger partial charge in [-0.1, -0.05) is 70.5 Å². The van der Waals surface area contributed by atoms with Crippen molar-refractivity contribution in [2.45, 2.75) is 64.7 Å². The highest BCUT2D eigenvalue weighted by molar-refractivity contribution is 6.04. The number of H-pyrrole nitrogens is 1. The molecule has 3 amide bonds. The van der Waals surface area contributed by atoms with Gasteiger partial charge in [0.05, 0.1) is 6.04 Å². The fraction of sp³-hybridized carbons (Fsp3) is 0.400. The fourth-order valence-electron chi connectivity index (χ4n) is 5.85. The van der Waals surface area contributed by atoms with Crippen molar-refractivity contribution in [1.29, 1.82) is 0 Å². The van der Waals surface area contributed by atoms with Crippen LogP contribution >= 0.6 is 0 Å². The molecule has 2 unspecified atom stereocenters. The standard InChI is InChI=1S/C30H34N4O5/c1-5-16(4)24(28(36)32-23(15(2)3)30(38)39)33-27(35)22-14-20-17-10-8-9-13-21(17)31-25(20)26-18-11-6-7-12-19(18)29(37)34(22)26/h6-13,15-16,22-24,26,31H,5,14H2,1-4H3,(H,32,36)(H,33,35)(H,38,39)/t16?,22-,23-,24-,26?/m0/s1. The van der Waals surface area contributed by atoms with E-state index in [0.717, 1.165) is 27.7 Å². The number of aliphatic carboxylic acids is 1. The maximum absolute atomic E-state index is 14.0. The number of nitrogens with zero attached hydrogens (tertiary/aromatic N) is 1. The molecule has 9 heteroatoms. The molecule has 39 heavy (non-hydrogen) atoms. The predicted molar refractivity (Wildman–Crippen MR) is 146 cm³/mol. The quantitative estimate of drug-likeness (QED) is 0.355. The minimum atomic E-state index is -1.13. The number of hydrogen-bond acceptors (Lipinski definition) is 4. The highest BCUT2D eigenvalue weighted by Crippen LogP contribution is 2.46. The molecule has 2 aromatic carbocycles. The van der Waals surface area contributed by atoms with Gasteiger partial charge < -0.3 is 25.6 Å². The number of carbonyl (C=O) groups excluding carboxylic acids is 3. The summed E-state index contributed by atoms with van der Waals surface area (Å²) in [6, 6.07) is 11.9. The Morgan fingerprint density at radius 1 is 1.03 bits per heavy atom. The van der Waals surface area contributed by atoms with E-state index in [1.54, 1.807) is 24.8 Å². The van der Waals surface area contributed by atoms with Gasteiger partial charge in [0.25, 0.3) is 5.91 Å². The van der Waals surface area contributed by atoms with Crippen LogP contribution < -0.4 is 10.6 Å². The van der Waals surface area contributed by atoms with Gasteiger partial charge in [0, 0.05) is 28.6 Å². The van der Waals surface area contributed by atoms with Crippen LogP contribution in [0.3, 0.4) is 0 Å². The second-order valence-corrected chi connectivity index (χ2v) is 10.9. The van der Waals surface area contributed by atoms with E-state index in [-0.39, 0.29) is 17.7 Å². The average molecular weight is 531 g/mol. The third-order valence-corrected chi connectivity index (χ3v) is 8.18. The molecule has 0 radical (unpaired) electrons. The lowest BCUT2D eigenvalue weighted by atomic mass is 9.89. The van der Waals surface area contributed by atoms with Gasteiger partial charge in [-0.25, -0.2) is 4.79 Å². The molecule has 4 N–H and O–H groups in total. The maximum atomic E-state index is 14.0. The number of rotatable bonds is 8.